The van der Waals surface area contributed by atoms with Gasteiger partial charge in [-0.15, -0.1) is 0 Å². The Balaban J connectivity index is 1.82. The number of nitrogens with one attached hydrogen (secondary N) is 1. The van der Waals surface area contributed by atoms with E-state index in [-0.39, 0.29) is 36.5 Å². The van der Waals surface area contributed by atoms with Gasteiger partial charge in [0.2, 0.25) is 11.8 Å². The number of nitrogens with zero attached hydrogens (tertiary/aromatic N) is 2. The summed E-state index contributed by atoms with van der Waals surface area (Å²) in [7, 11) is 3.97. The molecule has 1 aromatic carbocycles. The first-order chi connectivity index (χ1) is 11.0. The second-order valence-electron chi connectivity index (χ2n) is 6.21. The second kappa shape index (κ2) is 8.06. The van der Waals surface area contributed by atoms with Crippen molar-refractivity contribution in [3.05, 3.63) is 35.6 Å². The van der Waals surface area contributed by atoms with Crippen molar-refractivity contribution >= 4 is 11.8 Å². The first kappa shape index (κ1) is 17.4. The predicted octanol–water partition coefficient (Wildman–Crippen LogP) is 1.24. The molecule has 1 aliphatic heterocycles. The van der Waals surface area contributed by atoms with Gasteiger partial charge in [-0.2, -0.15) is 0 Å². The molecule has 0 bridgehead atoms. The lowest BCUT2D eigenvalue weighted by Crippen LogP contribution is -2.34. The summed E-state index contributed by atoms with van der Waals surface area (Å²) in [5.74, 6) is -0.847. The van der Waals surface area contributed by atoms with Gasteiger partial charge in [0, 0.05) is 31.6 Å². The molecule has 0 spiro atoms. The summed E-state index contributed by atoms with van der Waals surface area (Å²) in [6, 6.07) is 6.41. The Labute approximate surface area is 136 Å². The van der Waals surface area contributed by atoms with E-state index in [1.54, 1.807) is 23.1 Å². The van der Waals surface area contributed by atoms with E-state index >= 15 is 0 Å². The number of hydrogen-bond donors (Lipinski definition) is 1. The summed E-state index contributed by atoms with van der Waals surface area (Å²) in [6.45, 7) is 2.08. The van der Waals surface area contributed by atoms with Crippen LogP contribution in [0.15, 0.2) is 24.3 Å². The third kappa shape index (κ3) is 5.03. The maximum atomic E-state index is 13.7. The van der Waals surface area contributed by atoms with Crippen LogP contribution in [0.3, 0.4) is 0 Å². The van der Waals surface area contributed by atoms with Crippen molar-refractivity contribution in [2.75, 3.05) is 33.7 Å². The molecule has 0 radical (unpaired) electrons. The fraction of sp³-hybridized carbons (Fsp3) is 0.529. The molecule has 1 aromatic rings. The van der Waals surface area contributed by atoms with Gasteiger partial charge in [-0.3, -0.25) is 9.59 Å². The van der Waals surface area contributed by atoms with Crippen LogP contribution in [0.4, 0.5) is 4.39 Å². The molecule has 1 aliphatic rings. The molecule has 2 rings (SSSR count). The number of likely N-dealkylation sites (tertiary alicyclic amines) is 1. The van der Waals surface area contributed by atoms with Crippen LogP contribution in [0.1, 0.15) is 18.4 Å². The Morgan fingerprint density at radius 2 is 2.13 bits per heavy atom. The molecule has 6 heteroatoms. The highest BCUT2D eigenvalue weighted by Gasteiger charge is 2.34. The van der Waals surface area contributed by atoms with E-state index in [9.17, 15) is 14.0 Å². The van der Waals surface area contributed by atoms with Crippen LogP contribution in [0, 0.1) is 11.7 Å². The zero-order valence-electron chi connectivity index (χ0n) is 13.7. The van der Waals surface area contributed by atoms with Crippen LogP contribution in [0.25, 0.3) is 0 Å². The third-order valence-electron chi connectivity index (χ3n) is 3.99. The Hall–Kier alpha value is -1.95. The zero-order chi connectivity index (χ0) is 16.8. The topological polar surface area (TPSA) is 52.7 Å². The van der Waals surface area contributed by atoms with Gasteiger partial charge in [0.05, 0.1) is 5.92 Å². The van der Waals surface area contributed by atoms with Crippen LogP contribution in [0.5, 0.6) is 0 Å². The SMILES string of the molecule is CN(C)CCCNC(=O)C1CC(=O)N(Cc2ccccc2F)C1. The summed E-state index contributed by atoms with van der Waals surface area (Å²) in [4.78, 5) is 27.8. The third-order valence-corrected chi connectivity index (χ3v) is 3.99. The predicted molar refractivity (Wildman–Crippen MR) is 86.1 cm³/mol. The van der Waals surface area contributed by atoms with Gasteiger partial charge in [-0.1, -0.05) is 18.2 Å². The minimum absolute atomic E-state index is 0.0897. The van der Waals surface area contributed by atoms with E-state index in [2.05, 4.69) is 10.2 Å². The Bertz CT molecular complexity index is 563. The van der Waals surface area contributed by atoms with Crippen molar-refractivity contribution in [2.24, 2.45) is 5.92 Å². The highest BCUT2D eigenvalue weighted by molar-refractivity contribution is 5.89. The lowest BCUT2D eigenvalue weighted by molar-refractivity contribution is -0.129. The standard InChI is InChI=1S/C17H24FN3O2/c1-20(2)9-5-8-19-17(23)14-10-16(22)21(12-14)11-13-6-3-4-7-15(13)18/h3-4,6-7,14H,5,8-12H2,1-2H3,(H,19,23). The molecule has 1 N–H and O–H groups in total. The van der Waals surface area contributed by atoms with Crippen LogP contribution in [0.2, 0.25) is 0 Å². The van der Waals surface area contributed by atoms with Crippen molar-refractivity contribution in [3.63, 3.8) is 0 Å². The molecule has 5 nitrogen and oxygen atoms in total. The summed E-state index contributed by atoms with van der Waals surface area (Å²) in [5, 5.41) is 2.88. The van der Waals surface area contributed by atoms with Gasteiger partial charge in [0.25, 0.3) is 0 Å². The molecule has 2 amide bonds. The Morgan fingerprint density at radius 1 is 1.39 bits per heavy atom. The van der Waals surface area contributed by atoms with Gasteiger partial charge >= 0.3 is 0 Å². The molecule has 23 heavy (non-hydrogen) atoms. The van der Waals surface area contributed by atoms with E-state index in [0.717, 1.165) is 13.0 Å². The van der Waals surface area contributed by atoms with Crippen LogP contribution >= 0.6 is 0 Å². The number of benzene rings is 1. The number of carbonyl (C=O) groups excluding carboxylic acids is 2. The molecule has 1 heterocycles. The number of hydrogen-bond acceptors (Lipinski definition) is 3. The summed E-state index contributed by atoms with van der Waals surface area (Å²) in [6.07, 6.45) is 1.08. The van der Waals surface area contributed by atoms with Gasteiger partial charge < -0.3 is 15.1 Å². The number of amides is 2. The molecule has 0 saturated carbocycles. The maximum absolute atomic E-state index is 13.7. The summed E-state index contributed by atoms with van der Waals surface area (Å²) in [5.41, 5.74) is 0.480. The number of halogens is 1. The first-order valence-corrected chi connectivity index (χ1v) is 7.91. The van der Waals surface area contributed by atoms with E-state index in [4.69, 9.17) is 0 Å². The van der Waals surface area contributed by atoms with Crippen LogP contribution in [-0.4, -0.2) is 55.3 Å². The van der Waals surface area contributed by atoms with Crippen LogP contribution < -0.4 is 5.32 Å². The van der Waals surface area contributed by atoms with Crippen molar-refractivity contribution in [1.82, 2.24) is 15.1 Å². The first-order valence-electron chi connectivity index (χ1n) is 7.91. The molecule has 1 unspecified atom stereocenters. The van der Waals surface area contributed by atoms with Crippen molar-refractivity contribution in [2.45, 2.75) is 19.4 Å². The molecule has 0 aliphatic carbocycles. The normalized spacial score (nSPS) is 17.8. The lowest BCUT2D eigenvalue weighted by Gasteiger charge is -2.17. The largest absolute Gasteiger partial charge is 0.356 e. The van der Waals surface area contributed by atoms with E-state index in [0.29, 0.717) is 18.7 Å². The molecule has 126 valence electrons. The van der Waals surface area contributed by atoms with Crippen LogP contribution in [-0.2, 0) is 16.1 Å². The Morgan fingerprint density at radius 3 is 2.83 bits per heavy atom. The average molecular weight is 321 g/mol. The van der Waals surface area contributed by atoms with E-state index in [1.165, 1.54) is 6.07 Å². The smallest absolute Gasteiger partial charge is 0.225 e. The summed E-state index contributed by atoms with van der Waals surface area (Å²) < 4.78 is 13.7. The molecule has 0 aromatic heterocycles. The number of carbonyl (C=O) groups is 2. The highest BCUT2D eigenvalue weighted by Crippen LogP contribution is 2.21. The quantitative estimate of drug-likeness (QED) is 0.769. The zero-order valence-corrected chi connectivity index (χ0v) is 13.7. The lowest BCUT2D eigenvalue weighted by atomic mass is 10.1. The highest BCUT2D eigenvalue weighted by atomic mass is 19.1. The second-order valence-corrected chi connectivity index (χ2v) is 6.21. The molecular formula is C17H24FN3O2. The molecule has 1 fully saturated rings. The van der Waals surface area contributed by atoms with E-state index < -0.39 is 0 Å². The average Bonchev–Trinajstić information content (AvgIpc) is 2.87. The molecular weight excluding hydrogens is 297 g/mol. The minimum atomic E-state index is -0.339. The van der Waals surface area contributed by atoms with Gasteiger partial charge in [0.1, 0.15) is 5.82 Å². The number of rotatable bonds is 7. The van der Waals surface area contributed by atoms with E-state index in [1.807, 2.05) is 14.1 Å². The molecule has 1 saturated heterocycles. The van der Waals surface area contributed by atoms with Gasteiger partial charge in [0.15, 0.2) is 0 Å². The Kier molecular flexibility index (Phi) is 6.10. The maximum Gasteiger partial charge on any atom is 0.225 e. The fourth-order valence-electron chi connectivity index (χ4n) is 2.68. The summed E-state index contributed by atoms with van der Waals surface area (Å²) >= 11 is 0. The fourth-order valence-corrected chi connectivity index (χ4v) is 2.68. The monoisotopic (exact) mass is 321 g/mol. The molecule has 1 atom stereocenters. The minimum Gasteiger partial charge on any atom is -0.356 e. The van der Waals surface area contributed by atoms with Gasteiger partial charge in [-0.05, 0) is 33.1 Å². The van der Waals surface area contributed by atoms with Crippen molar-refractivity contribution < 1.29 is 14.0 Å². The van der Waals surface area contributed by atoms with Crippen molar-refractivity contribution in [3.8, 4) is 0 Å². The van der Waals surface area contributed by atoms with Crippen molar-refractivity contribution in [1.29, 1.82) is 0 Å². The van der Waals surface area contributed by atoms with Gasteiger partial charge in [-0.25, -0.2) is 4.39 Å².